The van der Waals surface area contributed by atoms with Gasteiger partial charge in [0.15, 0.2) is 0 Å². The van der Waals surface area contributed by atoms with Gasteiger partial charge in [-0.25, -0.2) is 4.39 Å². The first kappa shape index (κ1) is 24.3. The van der Waals surface area contributed by atoms with Crippen LogP contribution in [0, 0.1) is 11.7 Å². The van der Waals surface area contributed by atoms with Crippen molar-refractivity contribution in [2.45, 2.75) is 39.2 Å². The lowest BCUT2D eigenvalue weighted by Gasteiger charge is -2.22. The number of rotatable bonds is 9. The van der Waals surface area contributed by atoms with E-state index in [1.165, 1.54) is 12.1 Å². The molecule has 2 aromatic rings. The van der Waals surface area contributed by atoms with Gasteiger partial charge in [0.05, 0.1) is 6.61 Å². The van der Waals surface area contributed by atoms with Crippen LogP contribution in [0.15, 0.2) is 48.5 Å². The van der Waals surface area contributed by atoms with Crippen LogP contribution in [0.25, 0.3) is 0 Å². The molecule has 168 valence electrons. The zero-order valence-electron chi connectivity index (χ0n) is 17.1. The summed E-state index contributed by atoms with van der Waals surface area (Å²) in [5.74, 6) is -1.54. The molecule has 0 heterocycles. The Bertz CT molecular complexity index is 866. The molecule has 0 saturated carbocycles. The summed E-state index contributed by atoms with van der Waals surface area (Å²) < 4.78 is 53.9. The fourth-order valence-corrected chi connectivity index (χ4v) is 2.70. The molecule has 0 radical (unpaired) electrons. The number of carbonyl (C=O) groups is 2. The Kier molecular flexibility index (Phi) is 8.56. The first-order valence-electron chi connectivity index (χ1n) is 9.61. The predicted molar refractivity (Wildman–Crippen MR) is 106 cm³/mol. The summed E-state index contributed by atoms with van der Waals surface area (Å²) in [6.07, 6.45) is -4.37. The highest BCUT2D eigenvalue weighted by molar-refractivity contribution is 5.97. The van der Waals surface area contributed by atoms with Gasteiger partial charge in [0.25, 0.3) is 5.91 Å². The maximum atomic E-state index is 13.0. The number of amides is 2. The second-order valence-corrected chi connectivity index (χ2v) is 7.34. The highest BCUT2D eigenvalue weighted by Gasteiger charge is 2.27. The minimum Gasteiger partial charge on any atom is -0.367 e. The van der Waals surface area contributed by atoms with Crippen LogP contribution >= 0.6 is 0 Å². The van der Waals surface area contributed by atoms with Crippen molar-refractivity contribution in [1.82, 2.24) is 10.6 Å². The molecule has 2 amide bonds. The number of alkyl halides is 3. The predicted octanol–water partition coefficient (Wildman–Crippen LogP) is 3.98. The van der Waals surface area contributed by atoms with E-state index in [4.69, 9.17) is 0 Å². The smallest absolute Gasteiger partial charge is 0.367 e. The molecule has 1 unspecified atom stereocenters. The first-order valence-corrected chi connectivity index (χ1v) is 9.61. The molecule has 0 fully saturated rings. The number of carbonyl (C=O) groups excluding carboxylic acids is 2. The molecular formula is C22H24F4N2O3. The number of ether oxygens (including phenoxy) is 1. The van der Waals surface area contributed by atoms with E-state index in [1.807, 2.05) is 0 Å². The molecule has 0 aromatic heterocycles. The minimum atomic E-state index is -4.37. The third-order valence-electron chi connectivity index (χ3n) is 4.37. The van der Waals surface area contributed by atoms with Crippen LogP contribution in [-0.2, 0) is 22.7 Å². The Balaban J connectivity index is 1.88. The highest BCUT2D eigenvalue weighted by atomic mass is 19.4. The molecule has 2 N–H and O–H groups in total. The van der Waals surface area contributed by atoms with Gasteiger partial charge in [0.1, 0.15) is 18.5 Å². The number of hydrogen-bond donors (Lipinski definition) is 2. The average Bonchev–Trinajstić information content (AvgIpc) is 2.70. The molecule has 2 rings (SSSR count). The third kappa shape index (κ3) is 8.37. The summed E-state index contributed by atoms with van der Waals surface area (Å²) in [5.41, 5.74) is 1.55. The average molecular weight is 440 g/mol. The van der Waals surface area contributed by atoms with E-state index >= 15 is 0 Å². The van der Waals surface area contributed by atoms with E-state index in [0.717, 1.165) is 17.7 Å². The second-order valence-electron chi connectivity index (χ2n) is 7.34. The van der Waals surface area contributed by atoms with Crippen molar-refractivity contribution >= 4 is 11.8 Å². The van der Waals surface area contributed by atoms with Gasteiger partial charge in [-0.05, 0) is 41.3 Å². The van der Waals surface area contributed by atoms with Crippen LogP contribution in [-0.4, -0.2) is 30.6 Å². The molecule has 31 heavy (non-hydrogen) atoms. The number of nitrogens with one attached hydrogen (secondary N) is 2. The van der Waals surface area contributed by atoms with E-state index in [9.17, 15) is 27.2 Å². The van der Waals surface area contributed by atoms with Crippen molar-refractivity contribution in [2.24, 2.45) is 5.92 Å². The Morgan fingerprint density at radius 2 is 1.55 bits per heavy atom. The summed E-state index contributed by atoms with van der Waals surface area (Å²) in [7, 11) is 0. The Morgan fingerprint density at radius 3 is 2.10 bits per heavy atom. The Morgan fingerprint density at radius 1 is 0.968 bits per heavy atom. The zero-order chi connectivity index (χ0) is 23.0. The topological polar surface area (TPSA) is 67.4 Å². The number of halogens is 4. The van der Waals surface area contributed by atoms with Gasteiger partial charge in [-0.15, -0.1) is 0 Å². The lowest BCUT2D eigenvalue weighted by molar-refractivity contribution is -0.176. The van der Waals surface area contributed by atoms with E-state index < -0.39 is 30.5 Å². The molecule has 0 spiro atoms. The Labute approximate surface area is 177 Å². The molecule has 0 aliphatic rings. The first-order chi connectivity index (χ1) is 14.5. The molecule has 0 aliphatic carbocycles. The van der Waals surface area contributed by atoms with Crippen molar-refractivity contribution in [3.05, 3.63) is 71.0 Å². The van der Waals surface area contributed by atoms with Crippen molar-refractivity contribution in [3.8, 4) is 0 Å². The van der Waals surface area contributed by atoms with Gasteiger partial charge in [-0.1, -0.05) is 38.1 Å². The van der Waals surface area contributed by atoms with Gasteiger partial charge in [-0.2, -0.15) is 13.2 Å². The van der Waals surface area contributed by atoms with Crippen LogP contribution < -0.4 is 10.6 Å². The quantitative estimate of drug-likeness (QED) is 0.580. The van der Waals surface area contributed by atoms with Crippen molar-refractivity contribution in [3.63, 3.8) is 0 Å². The maximum Gasteiger partial charge on any atom is 0.411 e. The summed E-state index contributed by atoms with van der Waals surface area (Å²) in [5, 5.41) is 5.39. The van der Waals surface area contributed by atoms with Gasteiger partial charge in [0, 0.05) is 12.1 Å². The van der Waals surface area contributed by atoms with Crippen LogP contribution in [0.1, 0.15) is 35.3 Å². The molecule has 2 aromatic carbocycles. The summed E-state index contributed by atoms with van der Waals surface area (Å²) in [4.78, 5) is 24.9. The van der Waals surface area contributed by atoms with Crippen LogP contribution in [0.3, 0.4) is 0 Å². The largest absolute Gasteiger partial charge is 0.411 e. The molecule has 0 aliphatic heterocycles. The van der Waals surface area contributed by atoms with Gasteiger partial charge in [0.2, 0.25) is 5.91 Å². The molecule has 5 nitrogen and oxygen atoms in total. The van der Waals surface area contributed by atoms with E-state index in [2.05, 4.69) is 15.4 Å². The molecule has 9 heteroatoms. The molecule has 1 atom stereocenters. The van der Waals surface area contributed by atoms with E-state index in [-0.39, 0.29) is 30.5 Å². The minimum absolute atomic E-state index is 0.170. The van der Waals surface area contributed by atoms with Crippen LogP contribution in [0.2, 0.25) is 0 Å². The normalized spacial score (nSPS) is 12.5. The lowest BCUT2D eigenvalue weighted by Crippen LogP contribution is -2.49. The van der Waals surface area contributed by atoms with Crippen molar-refractivity contribution < 1.29 is 31.9 Å². The van der Waals surface area contributed by atoms with Gasteiger partial charge >= 0.3 is 6.18 Å². The fourth-order valence-electron chi connectivity index (χ4n) is 2.70. The summed E-state index contributed by atoms with van der Waals surface area (Å²) in [6.45, 7) is 2.26. The van der Waals surface area contributed by atoms with Gasteiger partial charge < -0.3 is 15.4 Å². The van der Waals surface area contributed by atoms with Crippen LogP contribution in [0.4, 0.5) is 17.6 Å². The third-order valence-corrected chi connectivity index (χ3v) is 4.37. The van der Waals surface area contributed by atoms with Crippen molar-refractivity contribution in [2.75, 3.05) is 6.61 Å². The maximum absolute atomic E-state index is 13.0. The molecular weight excluding hydrogens is 416 g/mol. The SMILES string of the molecule is CC(C)C(NC(=O)c1ccc(F)cc1)C(=O)NCc1ccc(COCC(F)(F)F)cc1. The van der Waals surface area contributed by atoms with Gasteiger partial charge in [-0.3, -0.25) is 9.59 Å². The standard InChI is InChI=1S/C22H24F4N2O3/c1-14(2)19(28-20(29)17-7-9-18(23)10-8-17)21(30)27-11-15-3-5-16(6-4-15)12-31-13-22(24,25)26/h3-10,14,19H,11-13H2,1-2H3,(H,27,30)(H,28,29). The number of hydrogen-bond acceptors (Lipinski definition) is 3. The molecule has 0 saturated heterocycles. The highest BCUT2D eigenvalue weighted by Crippen LogP contribution is 2.16. The summed E-state index contributed by atoms with van der Waals surface area (Å²) >= 11 is 0. The zero-order valence-corrected chi connectivity index (χ0v) is 17.1. The van der Waals surface area contributed by atoms with E-state index in [1.54, 1.807) is 38.1 Å². The second kappa shape index (κ2) is 10.9. The lowest BCUT2D eigenvalue weighted by atomic mass is 10.0. The summed E-state index contributed by atoms with van der Waals surface area (Å²) in [6, 6.07) is 10.8. The molecule has 0 bridgehead atoms. The number of benzene rings is 2. The Hall–Kier alpha value is -2.94. The fraction of sp³-hybridized carbons (Fsp3) is 0.364. The van der Waals surface area contributed by atoms with E-state index in [0.29, 0.717) is 5.56 Å². The van der Waals surface area contributed by atoms with Crippen LogP contribution in [0.5, 0.6) is 0 Å². The monoisotopic (exact) mass is 440 g/mol. The van der Waals surface area contributed by atoms with Crippen molar-refractivity contribution in [1.29, 1.82) is 0 Å².